The second kappa shape index (κ2) is 8.39. The van der Waals surface area contributed by atoms with Crippen molar-refractivity contribution in [3.05, 3.63) is 101 Å². The van der Waals surface area contributed by atoms with Gasteiger partial charge in [-0.25, -0.2) is 0 Å². The standard InChI is InChI=1S/C34H26O8/c1-16-8-23-22-6-4-21(37)15-30(22)41-34(25-7-5-19(35)13-26(25)38)33(23)24(9-16)32-27(39)10-18(12-31(32)42-34)28-11-17-2-3-20(36)14-29(17)40-28/h2-7,9-15,23-24,33,35-39H,8H2,1H3/t23-,24-,33?,34+/m1/s1. The van der Waals surface area contributed by atoms with Crippen LogP contribution in [-0.4, -0.2) is 25.5 Å². The third kappa shape index (κ3) is 3.41. The molecular weight excluding hydrogens is 536 g/mol. The molecule has 210 valence electrons. The highest BCUT2D eigenvalue weighted by Crippen LogP contribution is 2.65. The van der Waals surface area contributed by atoms with Crippen LogP contribution in [0.2, 0.25) is 0 Å². The Morgan fingerprint density at radius 2 is 1.48 bits per heavy atom. The number of hydrogen-bond acceptors (Lipinski definition) is 8. The van der Waals surface area contributed by atoms with E-state index in [-0.39, 0.29) is 40.6 Å². The van der Waals surface area contributed by atoms with E-state index in [1.807, 2.05) is 12.1 Å². The number of furan rings is 1. The van der Waals surface area contributed by atoms with Gasteiger partial charge in [-0.05, 0) is 67.4 Å². The van der Waals surface area contributed by atoms with E-state index < -0.39 is 11.7 Å². The Kier molecular flexibility index (Phi) is 4.90. The molecule has 0 bridgehead atoms. The second-order valence-corrected chi connectivity index (χ2v) is 11.4. The number of rotatable bonds is 2. The highest BCUT2D eigenvalue weighted by Gasteiger charge is 2.61. The van der Waals surface area contributed by atoms with Crippen molar-refractivity contribution >= 4 is 11.0 Å². The molecule has 4 atom stereocenters. The van der Waals surface area contributed by atoms with E-state index in [9.17, 15) is 25.5 Å². The molecule has 0 radical (unpaired) electrons. The van der Waals surface area contributed by atoms with Gasteiger partial charge in [-0.3, -0.25) is 0 Å². The van der Waals surface area contributed by atoms with Crippen molar-refractivity contribution in [1.29, 1.82) is 0 Å². The average Bonchev–Trinajstić information content (AvgIpc) is 3.35. The van der Waals surface area contributed by atoms with E-state index in [0.717, 1.165) is 16.5 Å². The van der Waals surface area contributed by atoms with Crippen molar-refractivity contribution in [3.63, 3.8) is 0 Å². The molecule has 0 spiro atoms. The molecule has 42 heavy (non-hydrogen) atoms. The summed E-state index contributed by atoms with van der Waals surface area (Å²) in [5.41, 5.74) is 3.98. The van der Waals surface area contributed by atoms with Crippen LogP contribution in [0.4, 0.5) is 0 Å². The first kappa shape index (κ1) is 24.5. The number of phenols is 5. The molecule has 1 aromatic heterocycles. The maximum atomic E-state index is 11.5. The van der Waals surface area contributed by atoms with Crippen LogP contribution in [0.1, 0.15) is 41.9 Å². The molecular formula is C34H26O8. The van der Waals surface area contributed by atoms with Crippen LogP contribution in [0.5, 0.6) is 40.2 Å². The summed E-state index contributed by atoms with van der Waals surface area (Å²) in [7, 11) is 0. The Labute approximate surface area is 239 Å². The lowest BCUT2D eigenvalue weighted by molar-refractivity contribution is -0.198. The van der Waals surface area contributed by atoms with Crippen LogP contribution in [-0.2, 0) is 5.79 Å². The smallest absolute Gasteiger partial charge is 0.285 e. The molecule has 8 rings (SSSR count). The third-order valence-corrected chi connectivity index (χ3v) is 8.78. The summed E-state index contributed by atoms with van der Waals surface area (Å²) < 4.78 is 19.5. The fourth-order valence-electron chi connectivity index (χ4n) is 7.11. The van der Waals surface area contributed by atoms with Gasteiger partial charge in [0.25, 0.3) is 5.79 Å². The first-order valence-electron chi connectivity index (χ1n) is 13.7. The summed E-state index contributed by atoms with van der Waals surface area (Å²) in [5, 5.41) is 53.9. The van der Waals surface area contributed by atoms with Gasteiger partial charge in [0.1, 0.15) is 51.6 Å². The van der Waals surface area contributed by atoms with Gasteiger partial charge in [0.15, 0.2) is 0 Å². The lowest BCUT2D eigenvalue weighted by Gasteiger charge is -2.55. The van der Waals surface area contributed by atoms with Crippen LogP contribution < -0.4 is 9.47 Å². The summed E-state index contributed by atoms with van der Waals surface area (Å²) >= 11 is 0. The van der Waals surface area contributed by atoms with Crippen molar-refractivity contribution in [2.45, 2.75) is 31.0 Å². The Balaban J connectivity index is 1.38. The predicted molar refractivity (Wildman–Crippen MR) is 153 cm³/mol. The summed E-state index contributed by atoms with van der Waals surface area (Å²) in [5.74, 6) is -1.40. The van der Waals surface area contributed by atoms with Crippen molar-refractivity contribution in [1.82, 2.24) is 0 Å². The number of phenolic OH excluding ortho intramolecular Hbond substituents is 5. The van der Waals surface area contributed by atoms with Crippen LogP contribution in [0, 0.1) is 5.92 Å². The van der Waals surface area contributed by atoms with Gasteiger partial charge >= 0.3 is 0 Å². The molecule has 5 N–H and O–H groups in total. The number of benzene rings is 4. The zero-order valence-electron chi connectivity index (χ0n) is 22.4. The molecule has 4 aromatic carbocycles. The van der Waals surface area contributed by atoms with Gasteiger partial charge < -0.3 is 39.4 Å². The molecule has 0 saturated heterocycles. The number of aromatic hydroxyl groups is 5. The number of hydrogen-bond donors (Lipinski definition) is 5. The normalized spacial score (nSPS) is 23.6. The highest BCUT2D eigenvalue weighted by molar-refractivity contribution is 5.84. The molecule has 3 aliphatic rings. The van der Waals surface area contributed by atoms with Crippen LogP contribution in [0.3, 0.4) is 0 Å². The minimum absolute atomic E-state index is 0.0283. The van der Waals surface area contributed by atoms with Gasteiger partial charge in [0.2, 0.25) is 0 Å². The Morgan fingerprint density at radius 1 is 0.738 bits per heavy atom. The average molecular weight is 563 g/mol. The summed E-state index contributed by atoms with van der Waals surface area (Å²) in [6.45, 7) is 2.05. The molecule has 1 aliphatic carbocycles. The van der Waals surface area contributed by atoms with E-state index in [1.165, 1.54) is 18.2 Å². The summed E-state index contributed by atoms with van der Waals surface area (Å²) in [6.07, 6.45) is 2.80. The third-order valence-electron chi connectivity index (χ3n) is 8.78. The Hall–Kier alpha value is -5.24. The number of fused-ring (bicyclic) bond motifs is 5. The fourth-order valence-corrected chi connectivity index (χ4v) is 7.11. The van der Waals surface area contributed by atoms with Crippen molar-refractivity contribution in [3.8, 4) is 51.6 Å². The molecule has 0 amide bonds. The van der Waals surface area contributed by atoms with Crippen molar-refractivity contribution in [2.24, 2.45) is 5.92 Å². The van der Waals surface area contributed by atoms with E-state index in [1.54, 1.807) is 42.5 Å². The number of ether oxygens (including phenoxy) is 2. The van der Waals surface area contributed by atoms with Crippen LogP contribution in [0.15, 0.2) is 88.9 Å². The van der Waals surface area contributed by atoms with Gasteiger partial charge in [0, 0.05) is 46.5 Å². The minimum atomic E-state index is -1.57. The molecule has 5 aromatic rings. The van der Waals surface area contributed by atoms with E-state index >= 15 is 0 Å². The SMILES string of the molecule is CC1=C[C@@H]2c3c(O)cc(-c4cc5ccc(O)cc5o4)cc3O[C@]3(c4ccc(O)cc4O)Oc4cc(O)ccc4[C@@H](C1)C23. The minimum Gasteiger partial charge on any atom is -0.508 e. The summed E-state index contributed by atoms with van der Waals surface area (Å²) in [4.78, 5) is 0. The molecule has 8 heteroatoms. The number of allylic oxidation sites excluding steroid dienone is 2. The van der Waals surface area contributed by atoms with Gasteiger partial charge in [0.05, 0.1) is 11.5 Å². The molecule has 2 aliphatic heterocycles. The summed E-state index contributed by atoms with van der Waals surface area (Å²) in [6, 6.07) is 19.4. The van der Waals surface area contributed by atoms with Crippen LogP contribution in [0.25, 0.3) is 22.3 Å². The van der Waals surface area contributed by atoms with E-state index in [4.69, 9.17) is 13.9 Å². The second-order valence-electron chi connectivity index (χ2n) is 11.4. The maximum Gasteiger partial charge on any atom is 0.285 e. The Bertz CT molecular complexity index is 1970. The zero-order chi connectivity index (χ0) is 28.9. The fraction of sp³-hybridized carbons (Fsp3) is 0.176. The Morgan fingerprint density at radius 3 is 2.31 bits per heavy atom. The molecule has 0 saturated carbocycles. The van der Waals surface area contributed by atoms with Crippen molar-refractivity contribution in [2.75, 3.05) is 0 Å². The lowest BCUT2D eigenvalue weighted by atomic mass is 9.61. The lowest BCUT2D eigenvalue weighted by Crippen LogP contribution is -2.56. The molecule has 0 fully saturated rings. The quantitative estimate of drug-likeness (QED) is 0.144. The zero-order valence-corrected chi connectivity index (χ0v) is 22.4. The van der Waals surface area contributed by atoms with E-state index in [2.05, 4.69) is 13.0 Å². The maximum absolute atomic E-state index is 11.5. The van der Waals surface area contributed by atoms with Gasteiger partial charge in [-0.2, -0.15) is 0 Å². The highest BCUT2D eigenvalue weighted by atomic mass is 16.7. The van der Waals surface area contributed by atoms with Crippen LogP contribution >= 0.6 is 0 Å². The molecule has 1 unspecified atom stereocenters. The molecule has 3 heterocycles. The van der Waals surface area contributed by atoms with Gasteiger partial charge in [-0.1, -0.05) is 17.7 Å². The first-order valence-corrected chi connectivity index (χ1v) is 13.7. The van der Waals surface area contributed by atoms with Crippen molar-refractivity contribution < 1.29 is 39.4 Å². The predicted octanol–water partition coefficient (Wildman–Crippen LogP) is 7.10. The molecule has 8 nitrogen and oxygen atoms in total. The monoisotopic (exact) mass is 562 g/mol. The topological polar surface area (TPSA) is 133 Å². The van der Waals surface area contributed by atoms with Gasteiger partial charge in [-0.15, -0.1) is 0 Å². The largest absolute Gasteiger partial charge is 0.508 e. The first-order chi connectivity index (χ1) is 20.2. The van der Waals surface area contributed by atoms with E-state index in [0.29, 0.717) is 46.0 Å².